The molecule has 0 aromatic heterocycles. The highest BCUT2D eigenvalue weighted by Gasteiger charge is 2.26. The third-order valence-corrected chi connectivity index (χ3v) is 2.81. The van der Waals surface area contributed by atoms with Gasteiger partial charge in [-0.25, -0.2) is 0 Å². The molecule has 0 saturated carbocycles. The fraction of sp³-hybridized carbons (Fsp3) is 0.500. The van der Waals surface area contributed by atoms with E-state index in [0.29, 0.717) is 11.1 Å². The lowest BCUT2D eigenvalue weighted by atomic mass is 9.93. The molecule has 0 bridgehead atoms. The number of nitro groups is 2. The maximum atomic E-state index is 11.0. The summed E-state index contributed by atoms with van der Waals surface area (Å²) in [7, 11) is 0. The number of benzene rings is 1. The van der Waals surface area contributed by atoms with Gasteiger partial charge in [0.2, 0.25) is 0 Å². The fourth-order valence-corrected chi connectivity index (χ4v) is 1.85. The second kappa shape index (κ2) is 5.12. The van der Waals surface area contributed by atoms with Crippen molar-refractivity contribution in [2.45, 2.75) is 39.5 Å². The van der Waals surface area contributed by atoms with Gasteiger partial charge >= 0.3 is 0 Å². The van der Waals surface area contributed by atoms with Crippen molar-refractivity contribution in [2.24, 2.45) is 0 Å². The van der Waals surface area contributed by atoms with Gasteiger partial charge in [0.25, 0.3) is 11.4 Å². The van der Waals surface area contributed by atoms with E-state index in [-0.39, 0.29) is 23.2 Å². The zero-order chi connectivity index (χ0) is 14.0. The monoisotopic (exact) mass is 252 g/mol. The minimum absolute atomic E-state index is 0.0521. The van der Waals surface area contributed by atoms with Crippen LogP contribution in [0.1, 0.15) is 50.7 Å². The number of hydrogen-bond donors (Lipinski definition) is 0. The van der Waals surface area contributed by atoms with Gasteiger partial charge in [-0.2, -0.15) is 0 Å². The number of hydrogen-bond acceptors (Lipinski definition) is 4. The zero-order valence-electron chi connectivity index (χ0n) is 10.8. The lowest BCUT2D eigenvalue weighted by molar-refractivity contribution is -0.395. The number of nitro benzene ring substituents is 2. The van der Waals surface area contributed by atoms with Crippen LogP contribution in [-0.2, 0) is 0 Å². The maximum absolute atomic E-state index is 11.0. The highest BCUT2D eigenvalue weighted by molar-refractivity contribution is 5.56. The zero-order valence-corrected chi connectivity index (χ0v) is 10.8. The Labute approximate surface area is 105 Å². The van der Waals surface area contributed by atoms with Gasteiger partial charge in [-0.3, -0.25) is 20.2 Å². The molecule has 0 spiro atoms. The Morgan fingerprint density at radius 2 is 1.17 bits per heavy atom. The van der Waals surface area contributed by atoms with E-state index in [2.05, 4.69) is 0 Å². The molecular formula is C12H16N2O4. The Bertz CT molecular complexity index is 454. The third-order valence-electron chi connectivity index (χ3n) is 2.81. The Kier molecular flexibility index (Phi) is 4.00. The fourth-order valence-electron chi connectivity index (χ4n) is 1.85. The molecular weight excluding hydrogens is 236 g/mol. The van der Waals surface area contributed by atoms with Crippen molar-refractivity contribution in [1.29, 1.82) is 0 Å². The molecule has 0 radical (unpaired) electrons. The first-order valence-corrected chi connectivity index (χ1v) is 5.72. The molecule has 0 saturated heterocycles. The molecule has 6 heteroatoms. The lowest BCUT2D eigenvalue weighted by Gasteiger charge is -2.12. The molecule has 0 amide bonds. The summed E-state index contributed by atoms with van der Waals surface area (Å²) in [5.74, 6) is -0.104. The van der Waals surface area contributed by atoms with Crippen LogP contribution in [0.15, 0.2) is 12.1 Å². The molecule has 0 aliphatic carbocycles. The van der Waals surface area contributed by atoms with Crippen LogP contribution in [0.5, 0.6) is 0 Å². The first-order chi connectivity index (χ1) is 8.25. The molecule has 98 valence electrons. The molecule has 0 aliphatic heterocycles. The predicted octanol–water partition coefficient (Wildman–Crippen LogP) is 3.75. The Balaban J connectivity index is 3.60. The van der Waals surface area contributed by atoms with Crippen LogP contribution in [-0.4, -0.2) is 9.85 Å². The minimum atomic E-state index is -0.563. The van der Waals surface area contributed by atoms with Crippen LogP contribution >= 0.6 is 0 Å². The molecule has 0 unspecified atom stereocenters. The van der Waals surface area contributed by atoms with Crippen molar-refractivity contribution < 1.29 is 9.85 Å². The van der Waals surface area contributed by atoms with Crippen LogP contribution in [0, 0.1) is 20.2 Å². The average molecular weight is 252 g/mol. The van der Waals surface area contributed by atoms with E-state index in [1.807, 2.05) is 27.7 Å². The van der Waals surface area contributed by atoms with Crippen molar-refractivity contribution in [2.75, 3.05) is 0 Å². The van der Waals surface area contributed by atoms with Crippen LogP contribution in [0.3, 0.4) is 0 Å². The minimum Gasteiger partial charge on any atom is -0.258 e. The van der Waals surface area contributed by atoms with Gasteiger partial charge in [0.1, 0.15) is 0 Å². The molecule has 18 heavy (non-hydrogen) atoms. The summed E-state index contributed by atoms with van der Waals surface area (Å²) >= 11 is 0. The van der Waals surface area contributed by atoms with E-state index in [4.69, 9.17) is 0 Å². The summed E-state index contributed by atoms with van der Waals surface area (Å²) in [6.07, 6.45) is 0. The van der Waals surface area contributed by atoms with Crippen LogP contribution < -0.4 is 0 Å². The first-order valence-electron chi connectivity index (χ1n) is 5.72. The van der Waals surface area contributed by atoms with Gasteiger partial charge < -0.3 is 0 Å². The van der Waals surface area contributed by atoms with Gasteiger partial charge in [-0.1, -0.05) is 27.7 Å². The Hall–Kier alpha value is -1.98. The molecule has 6 nitrogen and oxygen atoms in total. The molecule has 1 aromatic rings. The van der Waals surface area contributed by atoms with E-state index in [0.717, 1.165) is 6.07 Å². The summed E-state index contributed by atoms with van der Waals surface area (Å²) in [5.41, 5.74) is 0.714. The molecule has 0 fully saturated rings. The summed E-state index contributed by atoms with van der Waals surface area (Å²) in [6, 6.07) is 2.66. The van der Waals surface area contributed by atoms with Crippen LogP contribution in [0.2, 0.25) is 0 Å². The number of rotatable bonds is 4. The first kappa shape index (κ1) is 14.1. The highest BCUT2D eigenvalue weighted by Crippen LogP contribution is 2.36. The second-order valence-corrected chi connectivity index (χ2v) is 4.79. The normalized spacial score (nSPS) is 11.0. The van der Waals surface area contributed by atoms with E-state index in [1.54, 1.807) is 6.07 Å². The van der Waals surface area contributed by atoms with E-state index in [1.165, 1.54) is 0 Å². The summed E-state index contributed by atoms with van der Waals surface area (Å²) in [4.78, 5) is 20.8. The summed E-state index contributed by atoms with van der Waals surface area (Å²) in [6.45, 7) is 7.33. The van der Waals surface area contributed by atoms with Gasteiger partial charge in [0, 0.05) is 11.1 Å². The smallest absolute Gasteiger partial charge is 0.258 e. The van der Waals surface area contributed by atoms with Gasteiger partial charge in [0.15, 0.2) is 0 Å². The van der Waals surface area contributed by atoms with Crippen molar-refractivity contribution in [1.82, 2.24) is 0 Å². The third kappa shape index (κ3) is 2.64. The van der Waals surface area contributed by atoms with E-state index in [9.17, 15) is 20.2 Å². The molecule has 1 rings (SSSR count). The number of nitrogens with zero attached hydrogens (tertiary/aromatic N) is 2. The van der Waals surface area contributed by atoms with Crippen LogP contribution in [0.4, 0.5) is 11.4 Å². The molecule has 0 atom stereocenters. The molecule has 0 heterocycles. The summed E-state index contributed by atoms with van der Waals surface area (Å²) in [5, 5.41) is 21.9. The summed E-state index contributed by atoms with van der Waals surface area (Å²) < 4.78 is 0. The largest absolute Gasteiger partial charge is 0.279 e. The molecule has 0 aliphatic rings. The van der Waals surface area contributed by atoms with Gasteiger partial charge in [-0.15, -0.1) is 0 Å². The topological polar surface area (TPSA) is 86.3 Å². The van der Waals surface area contributed by atoms with Crippen molar-refractivity contribution in [3.8, 4) is 0 Å². The van der Waals surface area contributed by atoms with E-state index < -0.39 is 9.85 Å². The Morgan fingerprint density at radius 3 is 1.39 bits per heavy atom. The maximum Gasteiger partial charge on any atom is 0.279 e. The van der Waals surface area contributed by atoms with Gasteiger partial charge in [-0.05, 0) is 17.9 Å². The van der Waals surface area contributed by atoms with Gasteiger partial charge in [0.05, 0.1) is 15.9 Å². The Morgan fingerprint density at radius 1 is 0.833 bits per heavy atom. The molecule has 0 N–H and O–H groups in total. The lowest BCUT2D eigenvalue weighted by Crippen LogP contribution is -2.04. The standard InChI is InChI=1S/C12H16N2O4/c1-7(2)9-5-10(8(3)4)12(14(17)18)6-11(9)13(15)16/h5-8H,1-4H3. The van der Waals surface area contributed by atoms with Crippen LogP contribution in [0.25, 0.3) is 0 Å². The average Bonchev–Trinajstić information content (AvgIpc) is 2.26. The second-order valence-electron chi connectivity index (χ2n) is 4.79. The van der Waals surface area contributed by atoms with Crippen molar-refractivity contribution >= 4 is 11.4 Å². The predicted molar refractivity (Wildman–Crippen MR) is 67.9 cm³/mol. The van der Waals surface area contributed by atoms with Crippen molar-refractivity contribution in [3.63, 3.8) is 0 Å². The highest BCUT2D eigenvalue weighted by atomic mass is 16.6. The van der Waals surface area contributed by atoms with Crippen molar-refractivity contribution in [3.05, 3.63) is 43.5 Å². The quantitative estimate of drug-likeness (QED) is 0.603. The SMILES string of the molecule is CC(C)c1cc(C(C)C)c([N+](=O)[O-])cc1[N+](=O)[O-]. The van der Waals surface area contributed by atoms with E-state index >= 15 is 0 Å². The molecule has 1 aromatic carbocycles.